The van der Waals surface area contributed by atoms with Crippen molar-refractivity contribution in [2.75, 3.05) is 7.05 Å². The highest BCUT2D eigenvalue weighted by Crippen LogP contribution is 2.32. The van der Waals surface area contributed by atoms with E-state index in [4.69, 9.17) is 11.6 Å². The Balaban J connectivity index is 2.42. The summed E-state index contributed by atoms with van der Waals surface area (Å²) in [7, 11) is -2.37. The summed E-state index contributed by atoms with van der Waals surface area (Å²) in [5, 5.41) is 9.79. The van der Waals surface area contributed by atoms with Crippen LogP contribution in [0.2, 0.25) is 5.15 Å². The Morgan fingerprint density at radius 3 is 2.52 bits per heavy atom. The summed E-state index contributed by atoms with van der Waals surface area (Å²) >= 11 is 5.87. The van der Waals surface area contributed by atoms with Crippen LogP contribution in [0.5, 0.6) is 5.75 Å². The number of hydrogen-bond donors (Lipinski definition) is 1. The van der Waals surface area contributed by atoms with Crippen molar-refractivity contribution in [3.63, 3.8) is 0 Å². The highest BCUT2D eigenvalue weighted by atomic mass is 35.5. The number of aromatic hydroxyl groups is 1. The second kappa shape index (κ2) is 6.01. The lowest BCUT2D eigenvalue weighted by Crippen LogP contribution is -2.30. The van der Waals surface area contributed by atoms with Crippen molar-refractivity contribution in [3.8, 4) is 5.75 Å². The van der Waals surface area contributed by atoms with Gasteiger partial charge in [-0.3, -0.25) is 0 Å². The minimum atomic E-state index is -3.81. The molecular weight excluding hydrogens is 312 g/mol. The Labute approximate surface area is 128 Å². The van der Waals surface area contributed by atoms with Crippen molar-refractivity contribution < 1.29 is 13.5 Å². The van der Waals surface area contributed by atoms with E-state index in [9.17, 15) is 13.5 Å². The summed E-state index contributed by atoms with van der Waals surface area (Å²) < 4.78 is 26.4. The molecule has 7 heteroatoms. The Morgan fingerprint density at radius 2 is 1.90 bits per heavy atom. The van der Waals surface area contributed by atoms with Crippen molar-refractivity contribution >= 4 is 21.6 Å². The molecule has 0 bridgehead atoms. The van der Waals surface area contributed by atoms with E-state index >= 15 is 0 Å². The maximum absolute atomic E-state index is 12.6. The van der Waals surface area contributed by atoms with Gasteiger partial charge in [-0.1, -0.05) is 29.8 Å². The molecule has 1 atom stereocenters. The zero-order chi connectivity index (χ0) is 15.6. The third-order valence-electron chi connectivity index (χ3n) is 3.31. The van der Waals surface area contributed by atoms with Crippen molar-refractivity contribution in [1.82, 2.24) is 9.29 Å². The summed E-state index contributed by atoms with van der Waals surface area (Å²) in [6.45, 7) is 1.69. The van der Waals surface area contributed by atoms with Crippen LogP contribution in [0.15, 0.2) is 47.5 Å². The van der Waals surface area contributed by atoms with Crippen LogP contribution in [0.1, 0.15) is 18.5 Å². The first-order valence-electron chi connectivity index (χ1n) is 6.22. The zero-order valence-electron chi connectivity index (χ0n) is 11.6. The molecular formula is C14H15ClN2O3S. The predicted octanol–water partition coefficient (Wildman–Crippen LogP) is 2.82. The van der Waals surface area contributed by atoms with Gasteiger partial charge in [-0.25, -0.2) is 13.4 Å². The van der Waals surface area contributed by atoms with E-state index in [0.717, 1.165) is 4.31 Å². The van der Waals surface area contributed by atoms with E-state index in [1.807, 2.05) is 0 Å². The Bertz CT molecular complexity index is 749. The summed E-state index contributed by atoms with van der Waals surface area (Å²) in [5.74, 6) is 0.0457. The maximum atomic E-state index is 12.6. The average Bonchev–Trinajstić information content (AvgIpc) is 2.46. The lowest BCUT2D eigenvalue weighted by molar-refractivity contribution is 0.381. The molecule has 0 aliphatic heterocycles. The summed E-state index contributed by atoms with van der Waals surface area (Å²) in [4.78, 5) is 3.73. The van der Waals surface area contributed by atoms with Crippen LogP contribution in [0.4, 0.5) is 0 Å². The van der Waals surface area contributed by atoms with Gasteiger partial charge in [0.2, 0.25) is 10.0 Å². The number of para-hydroxylation sites is 1. The highest BCUT2D eigenvalue weighted by molar-refractivity contribution is 7.89. The number of hydrogen-bond acceptors (Lipinski definition) is 4. The van der Waals surface area contributed by atoms with Crippen LogP contribution in [-0.2, 0) is 10.0 Å². The van der Waals surface area contributed by atoms with Gasteiger partial charge in [0.05, 0.1) is 6.04 Å². The van der Waals surface area contributed by atoms with Gasteiger partial charge in [0.25, 0.3) is 0 Å². The molecule has 0 spiro atoms. The van der Waals surface area contributed by atoms with Gasteiger partial charge in [0.15, 0.2) is 0 Å². The van der Waals surface area contributed by atoms with Crippen molar-refractivity contribution in [1.29, 1.82) is 0 Å². The number of phenols is 1. The monoisotopic (exact) mass is 326 g/mol. The third kappa shape index (κ3) is 3.02. The number of rotatable bonds is 4. The number of benzene rings is 1. The van der Waals surface area contributed by atoms with Crippen LogP contribution >= 0.6 is 11.6 Å². The van der Waals surface area contributed by atoms with Gasteiger partial charge in [-0.2, -0.15) is 4.31 Å². The molecule has 2 rings (SSSR count). The van der Waals surface area contributed by atoms with Gasteiger partial charge in [0.1, 0.15) is 15.8 Å². The lowest BCUT2D eigenvalue weighted by Gasteiger charge is -2.25. The van der Waals surface area contributed by atoms with Crippen molar-refractivity contribution in [2.24, 2.45) is 0 Å². The van der Waals surface area contributed by atoms with Gasteiger partial charge < -0.3 is 5.11 Å². The molecule has 1 N–H and O–H groups in total. The molecule has 21 heavy (non-hydrogen) atoms. The Morgan fingerprint density at radius 1 is 1.24 bits per heavy atom. The van der Waals surface area contributed by atoms with Crippen LogP contribution in [0.25, 0.3) is 0 Å². The second-order valence-electron chi connectivity index (χ2n) is 4.55. The summed E-state index contributed by atoms with van der Waals surface area (Å²) in [6, 6.07) is 8.98. The normalized spacial score (nSPS) is 13.3. The van der Waals surface area contributed by atoms with Crippen molar-refractivity contribution in [2.45, 2.75) is 17.9 Å². The number of aromatic nitrogens is 1. The fraction of sp³-hybridized carbons (Fsp3) is 0.214. The number of pyridine rings is 1. The average molecular weight is 327 g/mol. The van der Waals surface area contributed by atoms with Crippen LogP contribution < -0.4 is 0 Å². The van der Waals surface area contributed by atoms with E-state index in [1.54, 1.807) is 25.1 Å². The number of sulfonamides is 1. The number of halogens is 1. The van der Waals surface area contributed by atoms with Gasteiger partial charge in [-0.15, -0.1) is 0 Å². The fourth-order valence-corrected chi connectivity index (χ4v) is 3.73. The van der Waals surface area contributed by atoms with Crippen molar-refractivity contribution in [3.05, 3.63) is 53.3 Å². The smallest absolute Gasteiger partial charge is 0.246 e. The summed E-state index contributed by atoms with van der Waals surface area (Å²) in [5.41, 5.74) is 0.517. The molecule has 1 unspecified atom stereocenters. The third-order valence-corrected chi connectivity index (χ3v) is 5.69. The topological polar surface area (TPSA) is 70.5 Å². The molecule has 0 radical (unpaired) electrons. The van der Waals surface area contributed by atoms with Gasteiger partial charge >= 0.3 is 0 Å². The largest absolute Gasteiger partial charge is 0.508 e. The minimum Gasteiger partial charge on any atom is -0.508 e. The molecule has 0 saturated carbocycles. The quantitative estimate of drug-likeness (QED) is 0.877. The van der Waals surface area contributed by atoms with E-state index in [1.165, 1.54) is 31.4 Å². The first kappa shape index (κ1) is 15.8. The molecule has 1 aromatic carbocycles. The van der Waals surface area contributed by atoms with Crippen LogP contribution in [-0.4, -0.2) is 29.9 Å². The predicted molar refractivity (Wildman–Crippen MR) is 80.7 cm³/mol. The molecule has 0 aliphatic carbocycles. The maximum Gasteiger partial charge on any atom is 0.246 e. The molecule has 112 valence electrons. The Kier molecular flexibility index (Phi) is 4.51. The fourth-order valence-electron chi connectivity index (χ4n) is 1.96. The zero-order valence-corrected chi connectivity index (χ0v) is 13.1. The molecule has 1 aromatic heterocycles. The SMILES string of the molecule is CC(c1ccccc1O)N(C)S(=O)(=O)c1cccnc1Cl. The van der Waals surface area contributed by atoms with E-state index in [-0.39, 0.29) is 15.8 Å². The highest BCUT2D eigenvalue weighted by Gasteiger charge is 2.29. The minimum absolute atomic E-state index is 0.0457. The van der Waals surface area contributed by atoms with E-state index in [2.05, 4.69) is 4.98 Å². The van der Waals surface area contributed by atoms with E-state index < -0.39 is 16.1 Å². The molecule has 0 amide bonds. The first-order chi connectivity index (χ1) is 9.85. The second-order valence-corrected chi connectivity index (χ2v) is 6.87. The number of phenolic OH excluding ortho intramolecular Hbond substituents is 1. The van der Waals surface area contributed by atoms with Gasteiger partial charge in [-0.05, 0) is 25.1 Å². The molecule has 0 fully saturated rings. The van der Waals surface area contributed by atoms with Crippen LogP contribution in [0.3, 0.4) is 0 Å². The molecule has 1 heterocycles. The molecule has 5 nitrogen and oxygen atoms in total. The Hall–Kier alpha value is -1.63. The molecule has 2 aromatic rings. The standard InChI is InChI=1S/C14H15ClN2O3S/c1-10(11-6-3-4-7-12(11)18)17(2)21(19,20)13-8-5-9-16-14(13)15/h3-10,18H,1-2H3. The molecule has 0 saturated heterocycles. The lowest BCUT2D eigenvalue weighted by atomic mass is 10.1. The van der Waals surface area contributed by atoms with Crippen LogP contribution in [0, 0.1) is 0 Å². The molecule has 0 aliphatic rings. The number of nitrogens with zero attached hydrogens (tertiary/aromatic N) is 2. The first-order valence-corrected chi connectivity index (χ1v) is 8.04. The van der Waals surface area contributed by atoms with E-state index in [0.29, 0.717) is 5.56 Å². The summed E-state index contributed by atoms with van der Waals surface area (Å²) in [6.07, 6.45) is 1.42. The van der Waals surface area contributed by atoms with Gasteiger partial charge in [0, 0.05) is 18.8 Å².